The lowest BCUT2D eigenvalue weighted by Crippen LogP contribution is -2.00. The van der Waals surface area contributed by atoms with Crippen LogP contribution >= 0.6 is 0 Å². The Balaban J connectivity index is 1.12. The van der Waals surface area contributed by atoms with Gasteiger partial charge in [0.1, 0.15) is 11.2 Å². The molecule has 53 heavy (non-hydrogen) atoms. The van der Waals surface area contributed by atoms with Crippen LogP contribution < -0.4 is 0 Å². The molecule has 0 saturated carbocycles. The van der Waals surface area contributed by atoms with Crippen LogP contribution in [0.5, 0.6) is 0 Å². The third kappa shape index (κ3) is 5.63. The summed E-state index contributed by atoms with van der Waals surface area (Å²) in [6, 6.07) is 65.3. The molecule has 0 unspecified atom stereocenters. The number of aromatic nitrogens is 3. The largest absolute Gasteiger partial charge is 0.455 e. The number of nitrogens with zero attached hydrogens (tertiary/aromatic N) is 3. The van der Waals surface area contributed by atoms with E-state index in [1.165, 1.54) is 11.1 Å². The van der Waals surface area contributed by atoms with E-state index in [9.17, 15) is 0 Å². The highest BCUT2D eigenvalue weighted by Gasteiger charge is 2.17. The fourth-order valence-corrected chi connectivity index (χ4v) is 7.29. The molecule has 248 valence electrons. The number of furan rings is 1. The van der Waals surface area contributed by atoms with Gasteiger partial charge in [-0.2, -0.15) is 0 Å². The monoisotopic (exact) mass is 677 g/mol. The summed E-state index contributed by atoms with van der Waals surface area (Å²) >= 11 is 0. The molecule has 0 fully saturated rings. The average molecular weight is 678 g/mol. The summed E-state index contributed by atoms with van der Waals surface area (Å²) in [6.07, 6.45) is 0. The average Bonchev–Trinajstić information content (AvgIpc) is 3.63. The standard InChI is InChI=1S/C49H31N3O/c1-4-14-32(15-5-1)37-26-27-41-43(30-37)42(31-44-40-24-10-11-25-45(40)53-46(41)44)38-22-12-20-35(28-38)36-21-13-23-39(29-36)49-51-47(33-16-6-2-7-17-33)50-48(52-49)34-18-8-3-9-19-34/h1-31H. The summed E-state index contributed by atoms with van der Waals surface area (Å²) in [6.45, 7) is 0. The quantitative estimate of drug-likeness (QED) is 0.176. The van der Waals surface area contributed by atoms with E-state index >= 15 is 0 Å². The summed E-state index contributed by atoms with van der Waals surface area (Å²) in [5.74, 6) is 1.92. The minimum Gasteiger partial charge on any atom is -0.455 e. The van der Waals surface area contributed by atoms with Crippen LogP contribution in [-0.4, -0.2) is 15.0 Å². The molecule has 0 atom stereocenters. The van der Waals surface area contributed by atoms with Gasteiger partial charge >= 0.3 is 0 Å². The predicted molar refractivity (Wildman–Crippen MR) is 217 cm³/mol. The highest BCUT2D eigenvalue weighted by molar-refractivity contribution is 6.19. The maximum absolute atomic E-state index is 6.51. The number of fused-ring (bicyclic) bond motifs is 5. The molecule has 0 aliphatic rings. The zero-order valence-electron chi connectivity index (χ0n) is 28.6. The maximum atomic E-state index is 6.51. The van der Waals surface area contributed by atoms with Gasteiger partial charge in [0.2, 0.25) is 0 Å². The fraction of sp³-hybridized carbons (Fsp3) is 0. The van der Waals surface area contributed by atoms with Crippen LogP contribution in [0.15, 0.2) is 192 Å². The van der Waals surface area contributed by atoms with E-state index < -0.39 is 0 Å². The molecule has 4 heteroatoms. The Labute approximate surface area is 306 Å². The van der Waals surface area contributed by atoms with Gasteiger partial charge in [0, 0.05) is 32.8 Å². The highest BCUT2D eigenvalue weighted by Crippen LogP contribution is 2.42. The smallest absolute Gasteiger partial charge is 0.164 e. The van der Waals surface area contributed by atoms with E-state index in [0.717, 1.165) is 71.7 Å². The normalized spacial score (nSPS) is 11.4. The van der Waals surface area contributed by atoms with Crippen molar-refractivity contribution in [3.63, 3.8) is 0 Å². The lowest BCUT2D eigenvalue weighted by molar-refractivity contribution is 0.672. The van der Waals surface area contributed by atoms with Crippen LogP contribution in [0.2, 0.25) is 0 Å². The first kappa shape index (κ1) is 30.6. The first-order valence-electron chi connectivity index (χ1n) is 17.8. The van der Waals surface area contributed by atoms with Gasteiger partial charge in [0.15, 0.2) is 17.5 Å². The SMILES string of the molecule is c1ccc(-c2ccc3c(c2)c(-c2cccc(-c4cccc(-c5nc(-c6ccccc6)nc(-c6ccccc6)n5)c4)c2)cc2c4ccccc4oc32)cc1. The molecule has 0 N–H and O–H groups in total. The summed E-state index contributed by atoms with van der Waals surface area (Å²) in [5.41, 5.74) is 11.4. The molecule has 0 aliphatic carbocycles. The van der Waals surface area contributed by atoms with Crippen molar-refractivity contribution in [1.82, 2.24) is 15.0 Å². The minimum absolute atomic E-state index is 0.632. The van der Waals surface area contributed by atoms with E-state index in [0.29, 0.717) is 17.5 Å². The zero-order valence-corrected chi connectivity index (χ0v) is 28.6. The molecule has 0 radical (unpaired) electrons. The van der Waals surface area contributed by atoms with Crippen molar-refractivity contribution in [2.24, 2.45) is 0 Å². The van der Waals surface area contributed by atoms with Gasteiger partial charge in [0.05, 0.1) is 0 Å². The van der Waals surface area contributed by atoms with Crippen LogP contribution in [0.3, 0.4) is 0 Å². The Morgan fingerprint density at radius 3 is 1.43 bits per heavy atom. The van der Waals surface area contributed by atoms with Crippen LogP contribution in [0.1, 0.15) is 0 Å². The van der Waals surface area contributed by atoms with E-state index in [1.54, 1.807) is 0 Å². The van der Waals surface area contributed by atoms with Crippen molar-refractivity contribution < 1.29 is 4.42 Å². The Hall–Kier alpha value is -7.17. The zero-order chi connectivity index (χ0) is 35.1. The van der Waals surface area contributed by atoms with Crippen molar-refractivity contribution in [1.29, 1.82) is 0 Å². The van der Waals surface area contributed by atoms with Gasteiger partial charge in [-0.1, -0.05) is 152 Å². The second-order valence-corrected chi connectivity index (χ2v) is 13.2. The van der Waals surface area contributed by atoms with Gasteiger partial charge in [-0.3, -0.25) is 0 Å². The number of hydrogen-bond donors (Lipinski definition) is 0. The molecule has 4 nitrogen and oxygen atoms in total. The van der Waals surface area contributed by atoms with Crippen LogP contribution in [0.4, 0.5) is 0 Å². The molecule has 10 rings (SSSR count). The molecule has 0 saturated heterocycles. The molecule has 0 aliphatic heterocycles. The lowest BCUT2D eigenvalue weighted by atomic mass is 9.91. The van der Waals surface area contributed by atoms with Gasteiger partial charge in [-0.25, -0.2) is 15.0 Å². The Bertz CT molecular complexity index is 2880. The first-order valence-corrected chi connectivity index (χ1v) is 17.8. The van der Waals surface area contributed by atoms with E-state index in [4.69, 9.17) is 19.4 Å². The fourth-order valence-electron chi connectivity index (χ4n) is 7.29. The summed E-state index contributed by atoms with van der Waals surface area (Å²) < 4.78 is 6.51. The second kappa shape index (κ2) is 12.9. The molecule has 0 spiro atoms. The van der Waals surface area contributed by atoms with Gasteiger partial charge in [-0.15, -0.1) is 0 Å². The predicted octanol–water partition coefficient (Wildman–Crippen LogP) is 12.9. The molecular weight excluding hydrogens is 647 g/mol. The number of rotatable bonds is 6. The minimum atomic E-state index is 0.632. The van der Waals surface area contributed by atoms with Crippen LogP contribution in [0, 0.1) is 0 Å². The third-order valence-electron chi connectivity index (χ3n) is 9.91. The van der Waals surface area contributed by atoms with Crippen molar-refractivity contribution in [3.8, 4) is 67.5 Å². The van der Waals surface area contributed by atoms with E-state index in [2.05, 4.69) is 115 Å². The number of para-hydroxylation sites is 1. The molecule has 0 bridgehead atoms. The van der Waals surface area contributed by atoms with E-state index in [-0.39, 0.29) is 0 Å². The summed E-state index contributed by atoms with van der Waals surface area (Å²) in [7, 11) is 0. The molecule has 2 heterocycles. The molecule has 2 aromatic heterocycles. The number of benzene rings is 8. The van der Waals surface area contributed by atoms with Crippen LogP contribution in [0.25, 0.3) is 100 Å². The van der Waals surface area contributed by atoms with E-state index in [1.807, 2.05) is 72.8 Å². The van der Waals surface area contributed by atoms with Crippen molar-refractivity contribution in [2.45, 2.75) is 0 Å². The summed E-state index contributed by atoms with van der Waals surface area (Å²) in [5, 5.41) is 4.47. The number of hydrogen-bond acceptors (Lipinski definition) is 4. The van der Waals surface area contributed by atoms with Crippen LogP contribution in [-0.2, 0) is 0 Å². The maximum Gasteiger partial charge on any atom is 0.164 e. The van der Waals surface area contributed by atoms with Crippen molar-refractivity contribution in [3.05, 3.63) is 188 Å². The Kier molecular flexibility index (Phi) is 7.43. The second-order valence-electron chi connectivity index (χ2n) is 13.2. The topological polar surface area (TPSA) is 51.8 Å². The van der Waals surface area contributed by atoms with Gasteiger partial charge in [0.25, 0.3) is 0 Å². The first-order chi connectivity index (χ1) is 26.2. The Morgan fingerprint density at radius 1 is 0.283 bits per heavy atom. The van der Waals surface area contributed by atoms with Gasteiger partial charge in [-0.05, 0) is 75.2 Å². The highest BCUT2D eigenvalue weighted by atomic mass is 16.3. The third-order valence-corrected chi connectivity index (χ3v) is 9.91. The molecule has 8 aromatic carbocycles. The van der Waals surface area contributed by atoms with Crippen molar-refractivity contribution >= 4 is 32.7 Å². The van der Waals surface area contributed by atoms with Crippen molar-refractivity contribution in [2.75, 3.05) is 0 Å². The molecular formula is C49H31N3O. The summed E-state index contributed by atoms with van der Waals surface area (Å²) in [4.78, 5) is 14.9. The van der Waals surface area contributed by atoms with Gasteiger partial charge < -0.3 is 4.42 Å². The Morgan fingerprint density at radius 2 is 0.774 bits per heavy atom. The molecule has 10 aromatic rings. The lowest BCUT2D eigenvalue weighted by Gasteiger charge is -2.13. The molecule has 0 amide bonds.